The molecule has 0 saturated heterocycles. The highest BCUT2D eigenvalue weighted by atomic mass is 16.5. The molecular formula is C12H25NO2. The zero-order valence-electron chi connectivity index (χ0n) is 10.7. The highest BCUT2D eigenvalue weighted by Gasteiger charge is 2.34. The number of carbonyl (C=O) groups excluding carboxylic acids is 1. The molecule has 0 aromatic carbocycles. The maximum atomic E-state index is 11.8. The number of nitrogens with one attached hydrogen (secondary N) is 1. The van der Waals surface area contributed by atoms with Gasteiger partial charge in [0.25, 0.3) is 0 Å². The minimum absolute atomic E-state index is 0.132. The van der Waals surface area contributed by atoms with Crippen LogP contribution in [-0.2, 0) is 9.53 Å². The van der Waals surface area contributed by atoms with E-state index in [1.54, 1.807) is 0 Å². The molecule has 2 unspecified atom stereocenters. The molecule has 2 atom stereocenters. The van der Waals surface area contributed by atoms with Gasteiger partial charge in [0.1, 0.15) is 5.54 Å². The van der Waals surface area contributed by atoms with Gasteiger partial charge in [-0.2, -0.15) is 0 Å². The number of hydrogen-bond donors (Lipinski definition) is 1. The van der Waals surface area contributed by atoms with Crippen LogP contribution >= 0.6 is 0 Å². The van der Waals surface area contributed by atoms with Gasteiger partial charge in [-0.1, -0.05) is 20.3 Å². The molecule has 0 saturated carbocycles. The van der Waals surface area contributed by atoms with Gasteiger partial charge in [0, 0.05) is 6.04 Å². The van der Waals surface area contributed by atoms with Gasteiger partial charge in [0.15, 0.2) is 0 Å². The van der Waals surface area contributed by atoms with E-state index in [1.165, 1.54) is 0 Å². The molecule has 0 spiro atoms. The fourth-order valence-corrected chi connectivity index (χ4v) is 1.67. The molecule has 0 aliphatic heterocycles. The van der Waals surface area contributed by atoms with Crippen LogP contribution in [0.5, 0.6) is 0 Å². The van der Waals surface area contributed by atoms with Gasteiger partial charge in [0.05, 0.1) is 6.61 Å². The van der Waals surface area contributed by atoms with Crippen molar-refractivity contribution in [3.63, 3.8) is 0 Å². The lowest BCUT2D eigenvalue weighted by Crippen LogP contribution is -2.53. The molecule has 90 valence electrons. The Morgan fingerprint density at radius 2 is 2.00 bits per heavy atom. The van der Waals surface area contributed by atoms with Gasteiger partial charge in [-0.3, -0.25) is 10.1 Å². The highest BCUT2D eigenvalue weighted by molar-refractivity contribution is 5.80. The number of carbonyl (C=O) groups is 1. The van der Waals surface area contributed by atoms with Crippen LogP contribution in [-0.4, -0.2) is 24.2 Å². The van der Waals surface area contributed by atoms with E-state index in [0.29, 0.717) is 12.6 Å². The largest absolute Gasteiger partial charge is 0.465 e. The van der Waals surface area contributed by atoms with Gasteiger partial charge in [0.2, 0.25) is 0 Å². The normalized spacial score (nSPS) is 16.9. The van der Waals surface area contributed by atoms with Crippen LogP contribution in [0.15, 0.2) is 0 Å². The Balaban J connectivity index is 4.49. The van der Waals surface area contributed by atoms with E-state index < -0.39 is 5.54 Å². The van der Waals surface area contributed by atoms with Crippen LogP contribution in [0.4, 0.5) is 0 Å². The van der Waals surface area contributed by atoms with E-state index in [2.05, 4.69) is 26.1 Å². The average molecular weight is 215 g/mol. The van der Waals surface area contributed by atoms with Crippen molar-refractivity contribution in [1.29, 1.82) is 0 Å². The van der Waals surface area contributed by atoms with Crippen molar-refractivity contribution < 1.29 is 9.53 Å². The van der Waals surface area contributed by atoms with Crippen molar-refractivity contribution in [2.45, 2.75) is 65.5 Å². The Hall–Kier alpha value is -0.570. The van der Waals surface area contributed by atoms with Gasteiger partial charge in [-0.15, -0.1) is 0 Å². The van der Waals surface area contributed by atoms with Crippen molar-refractivity contribution in [3.05, 3.63) is 0 Å². The summed E-state index contributed by atoms with van der Waals surface area (Å²) in [5.41, 5.74) is -0.528. The molecule has 0 heterocycles. The van der Waals surface area contributed by atoms with Crippen LogP contribution < -0.4 is 5.32 Å². The molecule has 0 amide bonds. The number of ether oxygens (including phenoxy) is 1. The van der Waals surface area contributed by atoms with Crippen molar-refractivity contribution in [2.24, 2.45) is 0 Å². The third kappa shape index (κ3) is 4.65. The van der Waals surface area contributed by atoms with E-state index >= 15 is 0 Å². The zero-order valence-corrected chi connectivity index (χ0v) is 10.7. The van der Waals surface area contributed by atoms with E-state index in [4.69, 9.17) is 4.74 Å². The average Bonchev–Trinajstić information content (AvgIpc) is 2.18. The Labute approximate surface area is 93.6 Å². The molecule has 0 aliphatic carbocycles. The number of esters is 1. The molecule has 0 aliphatic rings. The Morgan fingerprint density at radius 3 is 2.40 bits per heavy atom. The first kappa shape index (κ1) is 14.4. The Morgan fingerprint density at radius 1 is 1.40 bits per heavy atom. The van der Waals surface area contributed by atoms with Crippen LogP contribution in [0.1, 0.15) is 53.9 Å². The first-order chi connectivity index (χ1) is 7.00. The molecule has 0 bridgehead atoms. The van der Waals surface area contributed by atoms with Gasteiger partial charge >= 0.3 is 5.97 Å². The summed E-state index contributed by atoms with van der Waals surface area (Å²) in [7, 11) is 0. The molecule has 3 nitrogen and oxygen atoms in total. The summed E-state index contributed by atoms with van der Waals surface area (Å²) in [5.74, 6) is -0.132. The predicted molar refractivity (Wildman–Crippen MR) is 62.8 cm³/mol. The molecule has 0 aromatic rings. The molecule has 0 radical (unpaired) electrons. The minimum Gasteiger partial charge on any atom is -0.465 e. The first-order valence-electron chi connectivity index (χ1n) is 5.95. The summed E-state index contributed by atoms with van der Waals surface area (Å²) in [5, 5.41) is 3.35. The summed E-state index contributed by atoms with van der Waals surface area (Å²) >= 11 is 0. The van der Waals surface area contributed by atoms with Crippen molar-refractivity contribution in [3.8, 4) is 0 Å². The highest BCUT2D eigenvalue weighted by Crippen LogP contribution is 2.16. The Kier molecular flexibility index (Phi) is 6.57. The summed E-state index contributed by atoms with van der Waals surface area (Å²) in [6.45, 7) is 10.5. The maximum absolute atomic E-state index is 11.8. The summed E-state index contributed by atoms with van der Waals surface area (Å²) in [4.78, 5) is 11.8. The molecule has 1 N–H and O–H groups in total. The molecule has 3 heteroatoms. The number of rotatable bonds is 7. The number of hydrogen-bond acceptors (Lipinski definition) is 3. The lowest BCUT2D eigenvalue weighted by molar-refractivity contribution is -0.151. The van der Waals surface area contributed by atoms with Gasteiger partial charge < -0.3 is 4.74 Å². The monoisotopic (exact) mass is 215 g/mol. The summed E-state index contributed by atoms with van der Waals surface area (Å²) in [6, 6.07) is 0.339. The molecule has 0 aromatic heterocycles. The van der Waals surface area contributed by atoms with Crippen molar-refractivity contribution in [1.82, 2.24) is 5.32 Å². The first-order valence-corrected chi connectivity index (χ1v) is 5.95. The zero-order chi connectivity index (χ0) is 11.9. The van der Waals surface area contributed by atoms with Crippen LogP contribution in [0.25, 0.3) is 0 Å². The van der Waals surface area contributed by atoms with Gasteiger partial charge in [-0.25, -0.2) is 0 Å². The van der Waals surface area contributed by atoms with Crippen molar-refractivity contribution >= 4 is 5.97 Å². The van der Waals surface area contributed by atoms with Crippen LogP contribution in [0.3, 0.4) is 0 Å². The third-order valence-corrected chi connectivity index (χ3v) is 2.65. The van der Waals surface area contributed by atoms with E-state index in [-0.39, 0.29) is 5.97 Å². The van der Waals surface area contributed by atoms with E-state index in [1.807, 2.05) is 13.8 Å². The standard InChI is InChI=1S/C12H25NO2/c1-6-9-12(5,11(14)15-8-3)13-10(4)7-2/h10,13H,6-9H2,1-5H3. The predicted octanol–water partition coefficient (Wildman–Crippen LogP) is 2.50. The second-order valence-corrected chi connectivity index (χ2v) is 4.26. The topological polar surface area (TPSA) is 38.3 Å². The second kappa shape index (κ2) is 6.83. The molecule has 0 fully saturated rings. The Bertz CT molecular complexity index is 194. The minimum atomic E-state index is -0.528. The lowest BCUT2D eigenvalue weighted by Gasteiger charge is -2.31. The van der Waals surface area contributed by atoms with E-state index in [0.717, 1.165) is 19.3 Å². The second-order valence-electron chi connectivity index (χ2n) is 4.26. The third-order valence-electron chi connectivity index (χ3n) is 2.65. The van der Waals surface area contributed by atoms with Gasteiger partial charge in [-0.05, 0) is 33.6 Å². The summed E-state index contributed by atoms with van der Waals surface area (Å²) < 4.78 is 5.10. The molecule has 15 heavy (non-hydrogen) atoms. The quantitative estimate of drug-likeness (QED) is 0.663. The van der Waals surface area contributed by atoms with E-state index in [9.17, 15) is 4.79 Å². The molecular weight excluding hydrogens is 190 g/mol. The summed E-state index contributed by atoms with van der Waals surface area (Å²) in [6.07, 6.45) is 2.80. The fourth-order valence-electron chi connectivity index (χ4n) is 1.67. The fraction of sp³-hybridized carbons (Fsp3) is 0.917. The van der Waals surface area contributed by atoms with Crippen LogP contribution in [0.2, 0.25) is 0 Å². The van der Waals surface area contributed by atoms with Crippen molar-refractivity contribution in [2.75, 3.05) is 6.61 Å². The smallest absolute Gasteiger partial charge is 0.326 e. The lowest BCUT2D eigenvalue weighted by atomic mass is 9.94. The van der Waals surface area contributed by atoms with Crippen LogP contribution in [0, 0.1) is 0 Å². The SMILES string of the molecule is CCCC(C)(NC(C)CC)C(=O)OCC. The maximum Gasteiger partial charge on any atom is 0.326 e. The molecule has 0 rings (SSSR count).